The Morgan fingerprint density at radius 1 is 1.62 bits per heavy atom. The van der Waals surface area contributed by atoms with E-state index in [1.165, 1.54) is 0 Å². The molecule has 0 aliphatic carbocycles. The summed E-state index contributed by atoms with van der Waals surface area (Å²) >= 11 is 0. The molecule has 1 radical (unpaired) electrons. The lowest BCUT2D eigenvalue weighted by atomic mass is 10.6. The zero-order valence-corrected chi connectivity index (χ0v) is 5.83. The minimum absolute atomic E-state index is 0.346. The maximum absolute atomic E-state index is 9.88. The summed E-state index contributed by atoms with van der Waals surface area (Å²) < 4.78 is 27.8. The largest absolute Gasteiger partial charge is 0.319 e. The zero-order valence-electron chi connectivity index (χ0n) is 4.20. The molecule has 0 bridgehead atoms. The van der Waals surface area contributed by atoms with E-state index in [9.17, 15) is 8.42 Å². The summed E-state index contributed by atoms with van der Waals surface area (Å²) in [5, 5.41) is 0. The van der Waals surface area contributed by atoms with E-state index in [1.807, 2.05) is 0 Å². The molecule has 3 nitrogen and oxygen atoms in total. The third kappa shape index (κ3) is 6.26. The van der Waals surface area contributed by atoms with E-state index in [0.29, 0.717) is 23.0 Å². The van der Waals surface area contributed by atoms with Crippen molar-refractivity contribution in [2.24, 2.45) is 0 Å². The Bertz CT molecular complexity index is 137. The Kier molecular flexibility index (Phi) is 3.43. The lowest BCUT2D eigenvalue weighted by Gasteiger charge is -1.89. The smallest absolute Gasteiger partial charge is 0.277 e. The highest BCUT2D eigenvalue weighted by Crippen LogP contribution is 2.08. The third-order valence-electron chi connectivity index (χ3n) is 0.377. The number of hydrogen-bond acceptors (Lipinski definition) is 3. The van der Waals surface area contributed by atoms with Crippen LogP contribution in [0.1, 0.15) is 6.42 Å². The van der Waals surface area contributed by atoms with Crippen molar-refractivity contribution < 1.29 is 13.0 Å². The van der Waals surface area contributed by atoms with Gasteiger partial charge in [0, 0.05) is 5.75 Å². The second-order valence-corrected chi connectivity index (χ2v) is 4.57. The van der Waals surface area contributed by atoms with E-state index in [2.05, 4.69) is 6.92 Å². The van der Waals surface area contributed by atoms with Crippen LogP contribution in [0.25, 0.3) is 0 Å². The molecule has 0 spiro atoms. The monoisotopic (exact) mass is 155 g/mol. The van der Waals surface area contributed by atoms with Crippen LogP contribution < -0.4 is 0 Å². The predicted octanol–water partition coefficient (Wildman–Crippen LogP) is 0.747. The number of hydrogen-bond donors (Lipinski definition) is 1. The Balaban J connectivity index is 3.42. The average Bonchev–Trinajstić information content (AvgIpc) is 1.59. The Hall–Kier alpha value is 0.260. The van der Waals surface area contributed by atoms with Crippen LogP contribution in [0.2, 0.25) is 0 Å². The summed E-state index contributed by atoms with van der Waals surface area (Å²) in [4.78, 5) is 0. The van der Waals surface area contributed by atoms with Crippen LogP contribution in [0.5, 0.6) is 0 Å². The first-order chi connectivity index (χ1) is 3.56. The van der Waals surface area contributed by atoms with Gasteiger partial charge < -0.3 is 0 Å². The van der Waals surface area contributed by atoms with Gasteiger partial charge in [0.1, 0.15) is 0 Å². The molecule has 0 rings (SSSR count). The summed E-state index contributed by atoms with van der Waals surface area (Å²) in [5.41, 5.74) is 0. The highest BCUT2D eigenvalue weighted by atomic mass is 33.1. The van der Waals surface area contributed by atoms with Crippen LogP contribution in [-0.2, 0) is 9.15 Å². The molecular formula is C3H7O3S2. The molecule has 0 aliphatic rings. The molecule has 8 heavy (non-hydrogen) atoms. The molecule has 0 saturated carbocycles. The first kappa shape index (κ1) is 8.26. The minimum atomic E-state index is -3.81. The van der Waals surface area contributed by atoms with Crippen molar-refractivity contribution in [2.75, 3.05) is 5.75 Å². The van der Waals surface area contributed by atoms with Gasteiger partial charge in [-0.2, -0.15) is 8.42 Å². The highest BCUT2D eigenvalue weighted by Gasteiger charge is 2.01. The van der Waals surface area contributed by atoms with Crippen molar-refractivity contribution in [2.45, 2.75) is 6.42 Å². The van der Waals surface area contributed by atoms with Crippen LogP contribution in [0.4, 0.5) is 0 Å². The summed E-state index contributed by atoms with van der Waals surface area (Å²) in [7, 11) is -3.31. The molecule has 0 aromatic heterocycles. The van der Waals surface area contributed by atoms with E-state index >= 15 is 0 Å². The van der Waals surface area contributed by atoms with Gasteiger partial charge in [0.05, 0.1) is 0 Å². The Morgan fingerprint density at radius 2 is 2.12 bits per heavy atom. The molecule has 1 N–H and O–H groups in total. The van der Waals surface area contributed by atoms with Gasteiger partial charge in [-0.25, -0.2) is 0 Å². The molecule has 0 heterocycles. The van der Waals surface area contributed by atoms with Crippen LogP contribution in [-0.4, -0.2) is 18.7 Å². The Labute approximate surface area is 52.6 Å². The van der Waals surface area contributed by atoms with Gasteiger partial charge in [-0.3, -0.25) is 4.55 Å². The summed E-state index contributed by atoms with van der Waals surface area (Å²) in [6.45, 7) is 3.39. The topological polar surface area (TPSA) is 54.4 Å². The van der Waals surface area contributed by atoms with E-state index in [4.69, 9.17) is 4.55 Å². The molecule has 0 atom stereocenters. The fraction of sp³-hybridized carbons (Fsp3) is 0.667. The molecule has 0 fully saturated rings. The normalized spacial score (nSPS) is 11.8. The molecule has 0 aromatic rings. The summed E-state index contributed by atoms with van der Waals surface area (Å²) in [5.74, 6) is 0.346. The van der Waals surface area contributed by atoms with E-state index in [0.717, 1.165) is 0 Å². The Morgan fingerprint density at radius 3 is 2.25 bits per heavy atom. The standard InChI is InChI=1S/C3H7O3S2/c1-2-3-7-8(4,5)6/h1-3H2,(H,4,5,6). The van der Waals surface area contributed by atoms with Crippen LogP contribution in [0, 0.1) is 6.92 Å². The minimum Gasteiger partial charge on any atom is -0.277 e. The zero-order chi connectivity index (χ0) is 6.62. The first-order valence-corrected chi connectivity index (χ1v) is 4.91. The lowest BCUT2D eigenvalue weighted by Crippen LogP contribution is -1.89. The molecule has 0 aromatic carbocycles. The van der Waals surface area contributed by atoms with Crippen molar-refractivity contribution >= 4 is 19.9 Å². The maximum Gasteiger partial charge on any atom is 0.319 e. The summed E-state index contributed by atoms with van der Waals surface area (Å²) in [6.07, 6.45) is 0.504. The predicted molar refractivity (Wildman–Crippen MR) is 34.0 cm³/mol. The van der Waals surface area contributed by atoms with Crippen molar-refractivity contribution in [3.63, 3.8) is 0 Å². The fourth-order valence-corrected chi connectivity index (χ4v) is 1.48. The second kappa shape index (κ2) is 3.32. The van der Waals surface area contributed by atoms with Crippen LogP contribution in [0.3, 0.4) is 0 Å². The summed E-state index contributed by atoms with van der Waals surface area (Å²) in [6, 6.07) is 0. The lowest BCUT2D eigenvalue weighted by molar-refractivity contribution is 0.503. The van der Waals surface area contributed by atoms with E-state index in [1.54, 1.807) is 0 Å². The van der Waals surface area contributed by atoms with Gasteiger partial charge >= 0.3 is 9.15 Å². The highest BCUT2D eigenvalue weighted by molar-refractivity contribution is 8.69. The van der Waals surface area contributed by atoms with E-state index in [-0.39, 0.29) is 0 Å². The van der Waals surface area contributed by atoms with Gasteiger partial charge in [-0.1, -0.05) is 6.92 Å². The van der Waals surface area contributed by atoms with Crippen molar-refractivity contribution in [3.8, 4) is 0 Å². The maximum atomic E-state index is 9.88. The second-order valence-electron chi connectivity index (χ2n) is 1.10. The number of rotatable bonds is 3. The molecular weight excluding hydrogens is 148 g/mol. The molecule has 0 amide bonds. The van der Waals surface area contributed by atoms with Crippen LogP contribution in [0.15, 0.2) is 0 Å². The fourth-order valence-electron chi connectivity index (χ4n) is 0.164. The van der Waals surface area contributed by atoms with Crippen LogP contribution >= 0.6 is 10.8 Å². The van der Waals surface area contributed by atoms with Gasteiger partial charge in [0.2, 0.25) is 0 Å². The molecule has 0 unspecified atom stereocenters. The van der Waals surface area contributed by atoms with Crippen molar-refractivity contribution in [1.82, 2.24) is 0 Å². The first-order valence-electron chi connectivity index (χ1n) is 1.97. The van der Waals surface area contributed by atoms with Gasteiger partial charge in [-0.15, -0.1) is 0 Å². The van der Waals surface area contributed by atoms with Crippen molar-refractivity contribution in [3.05, 3.63) is 6.92 Å². The van der Waals surface area contributed by atoms with Gasteiger partial charge in [0.15, 0.2) is 0 Å². The average molecular weight is 155 g/mol. The quantitative estimate of drug-likeness (QED) is 0.482. The van der Waals surface area contributed by atoms with E-state index < -0.39 is 9.15 Å². The molecule has 49 valence electrons. The molecule has 5 heteroatoms. The van der Waals surface area contributed by atoms with Gasteiger partial charge in [-0.05, 0) is 17.2 Å². The molecule has 0 saturated heterocycles. The third-order valence-corrected chi connectivity index (χ3v) is 2.52. The molecule has 0 aliphatic heterocycles. The van der Waals surface area contributed by atoms with Crippen molar-refractivity contribution in [1.29, 1.82) is 0 Å². The SMILES string of the molecule is [CH2]CCSS(=O)(=O)O. The van der Waals surface area contributed by atoms with Gasteiger partial charge in [0.25, 0.3) is 0 Å².